The van der Waals surface area contributed by atoms with Crippen LogP contribution in [0.25, 0.3) is 0 Å². The maximum atomic E-state index is 4.56. The van der Waals surface area contributed by atoms with Gasteiger partial charge in [0.2, 0.25) is 0 Å². The Hall–Kier alpha value is -0.350. The minimum Gasteiger partial charge on any atom is -0.311 e. The summed E-state index contributed by atoms with van der Waals surface area (Å²) < 4.78 is 3.25. The van der Waals surface area contributed by atoms with Gasteiger partial charge in [-0.05, 0) is 42.2 Å². The fourth-order valence-electron chi connectivity index (χ4n) is 1.57. The molecule has 0 spiro atoms. The average molecular weight is 274 g/mol. The Bertz CT molecular complexity index is 307. The summed E-state index contributed by atoms with van der Waals surface area (Å²) in [5.41, 5.74) is 2.42. The van der Waals surface area contributed by atoms with Gasteiger partial charge in [-0.1, -0.05) is 13.8 Å². The number of rotatable bonds is 6. The first-order valence-corrected chi connectivity index (χ1v) is 6.48. The number of hydrogen-bond donors (Lipinski definition) is 1. The van der Waals surface area contributed by atoms with Crippen molar-refractivity contribution in [2.75, 3.05) is 6.54 Å². The smallest absolute Gasteiger partial charge is 0.0767 e. The minimum atomic E-state index is 0.898. The lowest BCUT2D eigenvalue weighted by molar-refractivity contribution is 0.575. The monoisotopic (exact) mass is 273 g/mol. The lowest BCUT2D eigenvalue weighted by Gasteiger charge is -2.06. The highest BCUT2D eigenvalue weighted by Gasteiger charge is 2.12. The van der Waals surface area contributed by atoms with E-state index in [0.717, 1.165) is 31.7 Å². The molecule has 1 aromatic heterocycles. The first-order chi connectivity index (χ1) is 7.24. The van der Waals surface area contributed by atoms with Gasteiger partial charge in [-0.25, -0.2) is 0 Å². The summed E-state index contributed by atoms with van der Waals surface area (Å²) in [6.07, 6.45) is 2.15. The van der Waals surface area contributed by atoms with Crippen LogP contribution < -0.4 is 5.32 Å². The first kappa shape index (κ1) is 12.7. The molecule has 1 aromatic rings. The Kier molecular flexibility index (Phi) is 5.32. The molecule has 1 heterocycles. The van der Waals surface area contributed by atoms with Gasteiger partial charge in [-0.3, -0.25) is 4.68 Å². The molecule has 0 bridgehead atoms. The van der Waals surface area contributed by atoms with E-state index in [1.165, 1.54) is 16.6 Å². The van der Waals surface area contributed by atoms with Crippen LogP contribution in [0.1, 0.15) is 38.6 Å². The quantitative estimate of drug-likeness (QED) is 0.808. The molecule has 4 heteroatoms. The lowest BCUT2D eigenvalue weighted by Crippen LogP contribution is -2.17. The van der Waals surface area contributed by atoms with Gasteiger partial charge in [-0.15, -0.1) is 0 Å². The van der Waals surface area contributed by atoms with Gasteiger partial charge in [0.05, 0.1) is 15.9 Å². The molecule has 0 unspecified atom stereocenters. The summed E-state index contributed by atoms with van der Waals surface area (Å²) in [6, 6.07) is 0. The fraction of sp³-hybridized carbons (Fsp3) is 0.727. The predicted molar refractivity (Wildman–Crippen MR) is 67.0 cm³/mol. The highest BCUT2D eigenvalue weighted by atomic mass is 79.9. The largest absolute Gasteiger partial charge is 0.311 e. The van der Waals surface area contributed by atoms with Crippen LogP contribution in [0, 0.1) is 0 Å². The van der Waals surface area contributed by atoms with Gasteiger partial charge in [0, 0.05) is 13.1 Å². The van der Waals surface area contributed by atoms with Crippen molar-refractivity contribution in [1.29, 1.82) is 0 Å². The normalized spacial score (nSPS) is 10.9. The molecule has 0 aliphatic heterocycles. The van der Waals surface area contributed by atoms with Crippen LogP contribution in [-0.2, 0) is 19.5 Å². The molecular formula is C11H20BrN3. The van der Waals surface area contributed by atoms with Crippen LogP contribution in [0.3, 0.4) is 0 Å². The van der Waals surface area contributed by atoms with E-state index < -0.39 is 0 Å². The highest BCUT2D eigenvalue weighted by molar-refractivity contribution is 9.10. The van der Waals surface area contributed by atoms with Gasteiger partial charge in [0.25, 0.3) is 0 Å². The van der Waals surface area contributed by atoms with Crippen molar-refractivity contribution in [2.24, 2.45) is 0 Å². The van der Waals surface area contributed by atoms with Crippen molar-refractivity contribution in [3.8, 4) is 0 Å². The zero-order valence-corrected chi connectivity index (χ0v) is 11.4. The van der Waals surface area contributed by atoms with E-state index in [2.05, 4.69) is 51.8 Å². The Balaban J connectivity index is 2.78. The zero-order valence-electron chi connectivity index (χ0n) is 9.81. The Morgan fingerprint density at radius 2 is 2.07 bits per heavy atom. The maximum Gasteiger partial charge on any atom is 0.0767 e. The molecule has 0 atom stereocenters. The van der Waals surface area contributed by atoms with E-state index in [4.69, 9.17) is 0 Å². The number of halogens is 1. The number of aromatic nitrogens is 2. The molecule has 0 aromatic carbocycles. The second-order valence-corrected chi connectivity index (χ2v) is 4.35. The molecule has 0 aliphatic carbocycles. The summed E-state index contributed by atoms with van der Waals surface area (Å²) in [5.74, 6) is 0. The van der Waals surface area contributed by atoms with Crippen molar-refractivity contribution in [1.82, 2.24) is 15.1 Å². The van der Waals surface area contributed by atoms with Crippen LogP contribution in [0.5, 0.6) is 0 Å². The van der Waals surface area contributed by atoms with E-state index >= 15 is 0 Å². The fourth-order valence-corrected chi connectivity index (χ4v) is 2.27. The van der Waals surface area contributed by atoms with Crippen molar-refractivity contribution >= 4 is 15.9 Å². The molecule has 0 aliphatic rings. The zero-order chi connectivity index (χ0) is 11.3. The number of aryl methyl sites for hydroxylation is 2. The van der Waals surface area contributed by atoms with Gasteiger partial charge in [0.15, 0.2) is 0 Å². The van der Waals surface area contributed by atoms with E-state index in [1.54, 1.807) is 0 Å². The third-order valence-electron chi connectivity index (χ3n) is 2.41. The molecule has 1 rings (SSSR count). The Morgan fingerprint density at radius 3 is 2.60 bits per heavy atom. The maximum absolute atomic E-state index is 4.56. The van der Waals surface area contributed by atoms with E-state index in [0.29, 0.717) is 0 Å². The van der Waals surface area contributed by atoms with Crippen LogP contribution in [0.4, 0.5) is 0 Å². The van der Waals surface area contributed by atoms with Crippen molar-refractivity contribution < 1.29 is 0 Å². The van der Waals surface area contributed by atoms with Crippen LogP contribution in [0.15, 0.2) is 4.47 Å². The second kappa shape index (κ2) is 6.28. The van der Waals surface area contributed by atoms with E-state index in [9.17, 15) is 0 Å². The summed E-state index contributed by atoms with van der Waals surface area (Å²) in [4.78, 5) is 0. The van der Waals surface area contributed by atoms with Gasteiger partial charge in [0.1, 0.15) is 0 Å². The molecule has 0 fully saturated rings. The molecule has 86 valence electrons. The molecule has 1 N–H and O–H groups in total. The third kappa shape index (κ3) is 3.05. The van der Waals surface area contributed by atoms with Crippen LogP contribution in [-0.4, -0.2) is 16.3 Å². The molecule has 0 saturated heterocycles. The van der Waals surface area contributed by atoms with Crippen LogP contribution in [0.2, 0.25) is 0 Å². The van der Waals surface area contributed by atoms with Crippen LogP contribution >= 0.6 is 15.9 Å². The number of nitrogens with one attached hydrogen (secondary N) is 1. The van der Waals surface area contributed by atoms with E-state index in [1.807, 2.05) is 0 Å². The highest BCUT2D eigenvalue weighted by Crippen LogP contribution is 2.22. The standard InChI is InChI=1S/C11H20BrN3/c1-4-7-13-8-10-11(12)9(5-2)14-15(10)6-3/h13H,4-8H2,1-3H3. The Morgan fingerprint density at radius 1 is 1.33 bits per heavy atom. The van der Waals surface area contributed by atoms with Gasteiger partial charge in [-0.2, -0.15) is 5.10 Å². The van der Waals surface area contributed by atoms with Gasteiger partial charge < -0.3 is 5.32 Å². The summed E-state index contributed by atoms with van der Waals surface area (Å²) in [6.45, 7) is 9.33. The number of hydrogen-bond acceptors (Lipinski definition) is 2. The van der Waals surface area contributed by atoms with Crippen molar-refractivity contribution in [3.63, 3.8) is 0 Å². The SMILES string of the molecule is CCCNCc1c(Br)c(CC)nn1CC. The molecule has 15 heavy (non-hydrogen) atoms. The topological polar surface area (TPSA) is 29.9 Å². The van der Waals surface area contributed by atoms with Crippen molar-refractivity contribution in [2.45, 2.75) is 46.7 Å². The third-order valence-corrected chi connectivity index (χ3v) is 3.33. The molecule has 3 nitrogen and oxygen atoms in total. The molecule has 0 saturated carbocycles. The predicted octanol–water partition coefficient (Wildman–Crippen LogP) is 2.73. The summed E-state index contributed by atoms with van der Waals surface area (Å²) >= 11 is 3.63. The lowest BCUT2D eigenvalue weighted by atomic mass is 10.3. The minimum absolute atomic E-state index is 0.898. The molecule has 0 amide bonds. The second-order valence-electron chi connectivity index (χ2n) is 3.55. The first-order valence-electron chi connectivity index (χ1n) is 5.69. The molecular weight excluding hydrogens is 254 g/mol. The molecule has 0 radical (unpaired) electrons. The Labute approximate surface area is 100 Å². The average Bonchev–Trinajstić information content (AvgIpc) is 2.56. The number of nitrogens with zero attached hydrogens (tertiary/aromatic N) is 2. The summed E-state index contributed by atoms with van der Waals surface area (Å²) in [5, 5.41) is 7.97. The van der Waals surface area contributed by atoms with E-state index in [-0.39, 0.29) is 0 Å². The van der Waals surface area contributed by atoms with Crippen molar-refractivity contribution in [3.05, 3.63) is 15.9 Å². The summed E-state index contributed by atoms with van der Waals surface area (Å²) in [7, 11) is 0. The van der Waals surface area contributed by atoms with Gasteiger partial charge >= 0.3 is 0 Å².